The number of esters is 3. The fourth-order valence-electron chi connectivity index (χ4n) is 9.82. The monoisotopic (exact) mass is 1140 g/mol. The number of hydrogen-bond acceptors (Lipinski definition) is 6. The maximum absolute atomic E-state index is 12.9. The lowest BCUT2D eigenvalue weighted by atomic mass is 10.0. The Labute approximate surface area is 508 Å². The molecule has 0 amide bonds. The van der Waals surface area contributed by atoms with E-state index in [0.717, 1.165) is 141 Å². The third kappa shape index (κ3) is 66.9. The van der Waals surface area contributed by atoms with E-state index in [1.54, 1.807) is 0 Å². The van der Waals surface area contributed by atoms with Gasteiger partial charge in [-0.05, 0) is 103 Å². The van der Waals surface area contributed by atoms with Gasteiger partial charge in [-0.15, -0.1) is 0 Å². The van der Waals surface area contributed by atoms with Gasteiger partial charge in [-0.1, -0.05) is 323 Å². The minimum Gasteiger partial charge on any atom is -0.462 e. The van der Waals surface area contributed by atoms with Gasteiger partial charge < -0.3 is 14.2 Å². The predicted octanol–water partition coefficient (Wildman–Crippen LogP) is 24.2. The first-order valence-electron chi connectivity index (χ1n) is 34.9. The SMILES string of the molecule is CC/C=C\C/C=C\C/C=C\C/C=C\C/C=C\C/C=C\C/C=C\CCCCCCCCCC(=O)OCC(COC(=O)CCCCCCC/C=C\C/C=C\CCC)OC(=O)CCCCCCCCCCCCCCCCCCCCCCCC. The van der Waals surface area contributed by atoms with Crippen molar-refractivity contribution in [3.63, 3.8) is 0 Å². The minimum atomic E-state index is -0.790. The number of ether oxygens (including phenoxy) is 3. The molecule has 6 nitrogen and oxygen atoms in total. The average Bonchev–Trinajstić information content (AvgIpc) is 3.47. The molecule has 0 aliphatic heterocycles. The molecule has 0 radical (unpaired) electrons. The van der Waals surface area contributed by atoms with Crippen LogP contribution in [0.3, 0.4) is 0 Å². The number of unbranched alkanes of at least 4 members (excludes halogenated alkanes) is 34. The number of carbonyl (C=O) groups excluding carboxylic acids is 3. The summed E-state index contributed by atoms with van der Waals surface area (Å²) in [5.74, 6) is -0.897. The van der Waals surface area contributed by atoms with Gasteiger partial charge in [0.15, 0.2) is 6.10 Å². The number of allylic oxidation sites excluding steroid dienone is 18. The molecule has 0 aliphatic rings. The molecule has 0 aliphatic carbocycles. The second-order valence-corrected chi connectivity index (χ2v) is 23.1. The van der Waals surface area contributed by atoms with E-state index in [1.165, 1.54) is 154 Å². The van der Waals surface area contributed by atoms with E-state index in [1.807, 2.05) is 0 Å². The summed E-state index contributed by atoms with van der Waals surface area (Å²) in [7, 11) is 0. The average molecular weight is 1140 g/mol. The van der Waals surface area contributed by atoms with E-state index in [9.17, 15) is 14.4 Å². The fourth-order valence-corrected chi connectivity index (χ4v) is 9.82. The van der Waals surface area contributed by atoms with Crippen LogP contribution in [0.4, 0.5) is 0 Å². The van der Waals surface area contributed by atoms with Crippen molar-refractivity contribution in [2.75, 3.05) is 13.2 Å². The third-order valence-corrected chi connectivity index (χ3v) is 15.0. The Morgan fingerprint density at radius 1 is 0.256 bits per heavy atom. The third-order valence-electron chi connectivity index (χ3n) is 15.0. The summed E-state index contributed by atoms with van der Waals surface area (Å²) in [6.45, 7) is 6.48. The minimum absolute atomic E-state index is 0.0868. The van der Waals surface area contributed by atoms with E-state index in [2.05, 4.69) is 130 Å². The molecular weight excluding hydrogens is 1010 g/mol. The Hall–Kier alpha value is -3.93. The summed E-state index contributed by atoms with van der Waals surface area (Å²) >= 11 is 0. The van der Waals surface area contributed by atoms with Crippen LogP contribution >= 0.6 is 0 Å². The highest BCUT2D eigenvalue weighted by Crippen LogP contribution is 2.17. The second-order valence-electron chi connectivity index (χ2n) is 23.1. The van der Waals surface area contributed by atoms with Crippen molar-refractivity contribution in [2.45, 2.75) is 341 Å². The van der Waals surface area contributed by atoms with E-state index >= 15 is 0 Å². The molecule has 0 aromatic heterocycles. The number of carbonyl (C=O) groups is 3. The molecule has 0 saturated heterocycles. The molecule has 470 valence electrons. The van der Waals surface area contributed by atoms with E-state index in [0.29, 0.717) is 19.3 Å². The largest absolute Gasteiger partial charge is 0.462 e. The van der Waals surface area contributed by atoms with Crippen LogP contribution in [-0.4, -0.2) is 37.2 Å². The van der Waals surface area contributed by atoms with Crippen molar-refractivity contribution in [2.24, 2.45) is 0 Å². The summed E-state index contributed by atoms with van der Waals surface area (Å²) in [4.78, 5) is 38.4. The Morgan fingerprint density at radius 3 is 0.793 bits per heavy atom. The second kappa shape index (κ2) is 69.6. The molecule has 82 heavy (non-hydrogen) atoms. The summed E-state index contributed by atoms with van der Waals surface area (Å²) in [5.41, 5.74) is 0. The van der Waals surface area contributed by atoms with Gasteiger partial charge in [0, 0.05) is 19.3 Å². The van der Waals surface area contributed by atoms with Crippen LogP contribution in [0.2, 0.25) is 0 Å². The van der Waals surface area contributed by atoms with Crippen LogP contribution in [0, 0.1) is 0 Å². The first-order valence-corrected chi connectivity index (χ1v) is 34.9. The van der Waals surface area contributed by atoms with Crippen LogP contribution in [0.25, 0.3) is 0 Å². The van der Waals surface area contributed by atoms with Crippen molar-refractivity contribution in [3.8, 4) is 0 Å². The Bertz CT molecular complexity index is 1640. The zero-order valence-corrected chi connectivity index (χ0v) is 54.0. The lowest BCUT2D eigenvalue weighted by Crippen LogP contribution is -2.30. The van der Waals surface area contributed by atoms with Gasteiger partial charge in [0.25, 0.3) is 0 Å². The van der Waals surface area contributed by atoms with Crippen molar-refractivity contribution in [1.29, 1.82) is 0 Å². The van der Waals surface area contributed by atoms with Crippen molar-refractivity contribution in [3.05, 3.63) is 109 Å². The molecule has 0 aromatic carbocycles. The highest BCUT2D eigenvalue weighted by atomic mass is 16.6. The Balaban J connectivity index is 4.32. The quantitative estimate of drug-likeness (QED) is 0.0261. The lowest BCUT2D eigenvalue weighted by molar-refractivity contribution is -0.167. The van der Waals surface area contributed by atoms with Gasteiger partial charge in [-0.25, -0.2) is 0 Å². The molecule has 0 fully saturated rings. The van der Waals surface area contributed by atoms with E-state index < -0.39 is 6.10 Å². The molecule has 6 heteroatoms. The van der Waals surface area contributed by atoms with E-state index in [4.69, 9.17) is 14.2 Å². The van der Waals surface area contributed by atoms with Gasteiger partial charge in [-0.3, -0.25) is 14.4 Å². The molecule has 0 spiro atoms. The zero-order chi connectivity index (χ0) is 59.2. The maximum atomic E-state index is 12.9. The standard InChI is InChI=1S/C76H130O6/c1-4-7-10-13-16-19-22-25-27-29-31-33-35-36-37-38-39-40-41-43-44-46-48-51-54-57-60-63-66-69-75(78)81-72-73(71-80-74(77)68-65-62-59-56-53-50-24-21-18-15-12-9-6-3)82-76(79)70-67-64-61-58-55-52-49-47-45-42-34-32-30-28-26-23-20-17-14-11-8-5-2/h7,10,12,15-16,19,21,24-25,27,31,33,36-37,39-40,43-44,73H,4-6,8-9,11,13-14,17-18,20,22-23,26,28-30,32,34-35,38,41-42,45-72H2,1-3H3/b10-7-,15-12-,19-16-,24-21-,27-25-,33-31-,37-36-,40-39-,44-43-. The van der Waals surface area contributed by atoms with Gasteiger partial charge in [0.2, 0.25) is 0 Å². The molecule has 0 saturated carbocycles. The van der Waals surface area contributed by atoms with Crippen LogP contribution in [0.5, 0.6) is 0 Å². The van der Waals surface area contributed by atoms with Gasteiger partial charge in [0.05, 0.1) is 0 Å². The number of hydrogen-bond donors (Lipinski definition) is 0. The fraction of sp³-hybridized carbons (Fsp3) is 0.724. The molecule has 0 heterocycles. The summed E-state index contributed by atoms with van der Waals surface area (Å²) in [6, 6.07) is 0. The smallest absolute Gasteiger partial charge is 0.306 e. The van der Waals surface area contributed by atoms with Gasteiger partial charge in [0.1, 0.15) is 13.2 Å². The first-order chi connectivity index (χ1) is 40.5. The molecule has 0 aromatic rings. The summed E-state index contributed by atoms with van der Waals surface area (Å²) < 4.78 is 17.0. The van der Waals surface area contributed by atoms with E-state index in [-0.39, 0.29) is 31.1 Å². The number of rotatable bonds is 63. The topological polar surface area (TPSA) is 78.9 Å². The molecular formula is C76H130O6. The van der Waals surface area contributed by atoms with Gasteiger partial charge >= 0.3 is 17.9 Å². The normalized spacial score (nSPS) is 12.8. The zero-order valence-electron chi connectivity index (χ0n) is 54.0. The highest BCUT2D eigenvalue weighted by molar-refractivity contribution is 5.71. The molecule has 1 atom stereocenters. The predicted molar refractivity (Wildman–Crippen MR) is 357 cm³/mol. The molecule has 0 bridgehead atoms. The van der Waals surface area contributed by atoms with Crippen LogP contribution < -0.4 is 0 Å². The molecule has 0 N–H and O–H groups in total. The first kappa shape index (κ1) is 78.1. The van der Waals surface area contributed by atoms with Gasteiger partial charge in [-0.2, -0.15) is 0 Å². The van der Waals surface area contributed by atoms with Crippen molar-refractivity contribution >= 4 is 17.9 Å². The van der Waals surface area contributed by atoms with Crippen LogP contribution in [-0.2, 0) is 28.6 Å². The van der Waals surface area contributed by atoms with Crippen molar-refractivity contribution in [1.82, 2.24) is 0 Å². The van der Waals surface area contributed by atoms with Crippen LogP contribution in [0.15, 0.2) is 109 Å². The summed E-state index contributed by atoms with van der Waals surface area (Å²) in [6.07, 6.45) is 95.4. The van der Waals surface area contributed by atoms with Crippen LogP contribution in [0.1, 0.15) is 335 Å². The summed E-state index contributed by atoms with van der Waals surface area (Å²) in [5, 5.41) is 0. The Morgan fingerprint density at radius 2 is 0.500 bits per heavy atom. The molecule has 1 unspecified atom stereocenters. The Kier molecular flexibility index (Phi) is 66.2. The van der Waals surface area contributed by atoms with Crippen molar-refractivity contribution < 1.29 is 28.6 Å². The molecule has 0 rings (SSSR count). The maximum Gasteiger partial charge on any atom is 0.306 e. The highest BCUT2D eigenvalue weighted by Gasteiger charge is 2.19. The lowest BCUT2D eigenvalue weighted by Gasteiger charge is -2.18.